The first-order valence-electron chi connectivity index (χ1n) is 7.24. The number of amides is 1. The van der Waals surface area contributed by atoms with Crippen LogP contribution in [-0.4, -0.2) is 11.1 Å². The Labute approximate surface area is 152 Å². The molecule has 0 aliphatic carbocycles. The highest BCUT2D eigenvalue weighted by Gasteiger charge is 2.23. The third-order valence-electron chi connectivity index (χ3n) is 3.45. The molecule has 1 aliphatic rings. The summed E-state index contributed by atoms with van der Waals surface area (Å²) in [5.74, 6) is -0.559. The van der Waals surface area contributed by atoms with E-state index in [0.29, 0.717) is 15.6 Å². The summed E-state index contributed by atoms with van der Waals surface area (Å²) in [4.78, 5) is 17.1. The molecule has 1 heterocycles. The number of amidine groups is 1. The van der Waals surface area contributed by atoms with E-state index in [1.54, 1.807) is 18.2 Å². The SMILES string of the molecule is Cc1cc(N=C2NC(=O)/C(=C/c3cccc(F)c3)S2)cc(C)c1Br. The van der Waals surface area contributed by atoms with Crippen molar-refractivity contribution in [3.63, 3.8) is 0 Å². The zero-order chi connectivity index (χ0) is 17.3. The first kappa shape index (κ1) is 16.9. The van der Waals surface area contributed by atoms with E-state index in [2.05, 4.69) is 26.2 Å². The summed E-state index contributed by atoms with van der Waals surface area (Å²) in [6.07, 6.45) is 1.66. The van der Waals surface area contributed by atoms with E-state index in [4.69, 9.17) is 0 Å². The van der Waals surface area contributed by atoms with Gasteiger partial charge >= 0.3 is 0 Å². The van der Waals surface area contributed by atoms with Gasteiger partial charge in [-0.15, -0.1) is 0 Å². The average Bonchev–Trinajstić information content (AvgIpc) is 2.84. The Bertz CT molecular complexity index is 869. The zero-order valence-electron chi connectivity index (χ0n) is 13.1. The number of hydrogen-bond acceptors (Lipinski definition) is 3. The Morgan fingerprint density at radius 3 is 2.58 bits per heavy atom. The lowest BCUT2D eigenvalue weighted by Gasteiger charge is -2.04. The normalized spacial score (nSPS) is 17.6. The minimum Gasteiger partial charge on any atom is -0.300 e. The van der Waals surface area contributed by atoms with Crippen molar-refractivity contribution < 1.29 is 9.18 Å². The molecule has 0 aromatic heterocycles. The van der Waals surface area contributed by atoms with Crippen molar-refractivity contribution in [1.29, 1.82) is 0 Å². The Kier molecular flexibility index (Phi) is 4.87. The van der Waals surface area contributed by atoms with Crippen LogP contribution >= 0.6 is 27.7 Å². The van der Waals surface area contributed by atoms with Crippen LogP contribution in [0.15, 0.2) is 50.8 Å². The number of halogens is 2. The third kappa shape index (κ3) is 3.76. The van der Waals surface area contributed by atoms with Crippen LogP contribution in [0.2, 0.25) is 0 Å². The maximum absolute atomic E-state index is 13.2. The maximum Gasteiger partial charge on any atom is 0.264 e. The minimum absolute atomic E-state index is 0.228. The summed E-state index contributed by atoms with van der Waals surface area (Å²) in [7, 11) is 0. The van der Waals surface area contributed by atoms with Gasteiger partial charge in [-0.05, 0) is 72.6 Å². The van der Waals surface area contributed by atoms with E-state index in [1.807, 2.05) is 26.0 Å². The Morgan fingerprint density at radius 1 is 1.21 bits per heavy atom. The molecule has 0 radical (unpaired) electrons. The standard InChI is InChI=1S/C18H14BrFN2OS/c1-10-6-14(7-11(2)16(10)19)21-18-22-17(23)15(24-18)9-12-4-3-5-13(20)8-12/h3-9H,1-2H3,(H,21,22,23)/b15-9-. The number of benzene rings is 2. The highest BCUT2D eigenvalue weighted by Crippen LogP contribution is 2.31. The molecule has 1 amide bonds. The second kappa shape index (κ2) is 6.91. The average molecular weight is 405 g/mol. The van der Waals surface area contributed by atoms with Crippen LogP contribution in [0.5, 0.6) is 0 Å². The van der Waals surface area contributed by atoms with Crippen molar-refractivity contribution in [2.45, 2.75) is 13.8 Å². The molecule has 1 aliphatic heterocycles. The van der Waals surface area contributed by atoms with E-state index in [9.17, 15) is 9.18 Å². The molecular formula is C18H14BrFN2OS. The molecule has 6 heteroatoms. The summed E-state index contributed by atoms with van der Waals surface area (Å²) < 4.78 is 14.3. The highest BCUT2D eigenvalue weighted by atomic mass is 79.9. The molecule has 3 rings (SSSR count). The first-order chi connectivity index (χ1) is 11.4. The largest absolute Gasteiger partial charge is 0.300 e. The van der Waals surface area contributed by atoms with Crippen molar-refractivity contribution >= 4 is 50.5 Å². The first-order valence-corrected chi connectivity index (χ1v) is 8.85. The van der Waals surface area contributed by atoms with E-state index >= 15 is 0 Å². The molecule has 122 valence electrons. The molecule has 2 aromatic rings. The fourth-order valence-electron chi connectivity index (χ4n) is 2.33. The predicted molar refractivity (Wildman–Crippen MR) is 101 cm³/mol. The van der Waals surface area contributed by atoms with Crippen LogP contribution in [0.25, 0.3) is 6.08 Å². The van der Waals surface area contributed by atoms with Gasteiger partial charge in [0.1, 0.15) is 5.82 Å². The van der Waals surface area contributed by atoms with E-state index < -0.39 is 0 Å². The van der Waals surface area contributed by atoms with Gasteiger partial charge < -0.3 is 5.32 Å². The smallest absolute Gasteiger partial charge is 0.264 e. The number of thioether (sulfide) groups is 1. The highest BCUT2D eigenvalue weighted by molar-refractivity contribution is 9.10. The van der Waals surface area contributed by atoms with Gasteiger partial charge in [-0.25, -0.2) is 9.38 Å². The zero-order valence-corrected chi connectivity index (χ0v) is 15.5. The topological polar surface area (TPSA) is 41.5 Å². The fraction of sp³-hybridized carbons (Fsp3) is 0.111. The molecule has 0 unspecified atom stereocenters. The lowest BCUT2D eigenvalue weighted by molar-refractivity contribution is -0.115. The van der Waals surface area contributed by atoms with Crippen LogP contribution in [0.4, 0.5) is 10.1 Å². The molecule has 1 saturated heterocycles. The van der Waals surface area contributed by atoms with Gasteiger partial charge in [0.05, 0.1) is 10.6 Å². The number of nitrogens with zero attached hydrogens (tertiary/aromatic N) is 1. The number of carbonyl (C=O) groups is 1. The number of hydrogen-bond donors (Lipinski definition) is 1. The summed E-state index contributed by atoms with van der Waals surface area (Å²) in [6.45, 7) is 3.99. The quantitative estimate of drug-likeness (QED) is 0.707. The third-order valence-corrected chi connectivity index (χ3v) is 5.61. The number of nitrogens with one attached hydrogen (secondary N) is 1. The second-order valence-corrected chi connectivity index (χ2v) is 7.25. The second-order valence-electron chi connectivity index (χ2n) is 5.43. The molecular weight excluding hydrogens is 391 g/mol. The molecule has 0 saturated carbocycles. The number of carbonyl (C=O) groups excluding carboxylic acids is 1. The van der Waals surface area contributed by atoms with Crippen LogP contribution in [0.3, 0.4) is 0 Å². The Hall–Kier alpha value is -1.92. The lowest BCUT2D eigenvalue weighted by Crippen LogP contribution is -2.19. The van der Waals surface area contributed by atoms with E-state index in [1.165, 1.54) is 23.9 Å². The Balaban J connectivity index is 1.87. The molecule has 24 heavy (non-hydrogen) atoms. The van der Waals surface area contributed by atoms with Crippen LogP contribution in [-0.2, 0) is 4.79 Å². The molecule has 2 aromatic carbocycles. The molecule has 0 bridgehead atoms. The van der Waals surface area contributed by atoms with Gasteiger partial charge in [0.25, 0.3) is 5.91 Å². The number of rotatable bonds is 2. The minimum atomic E-state index is -0.331. The lowest BCUT2D eigenvalue weighted by atomic mass is 10.1. The van der Waals surface area contributed by atoms with Crippen molar-refractivity contribution in [3.8, 4) is 0 Å². The van der Waals surface area contributed by atoms with Gasteiger partial charge in [-0.2, -0.15) is 0 Å². The van der Waals surface area contributed by atoms with Crippen LogP contribution < -0.4 is 5.32 Å². The molecule has 1 N–H and O–H groups in total. The van der Waals surface area contributed by atoms with Crippen molar-refractivity contribution in [3.05, 3.63) is 68.3 Å². The van der Waals surface area contributed by atoms with Crippen LogP contribution in [0, 0.1) is 19.7 Å². The van der Waals surface area contributed by atoms with Gasteiger partial charge in [-0.3, -0.25) is 4.79 Å². The van der Waals surface area contributed by atoms with Crippen LogP contribution in [0.1, 0.15) is 16.7 Å². The Morgan fingerprint density at radius 2 is 1.92 bits per heavy atom. The maximum atomic E-state index is 13.2. The summed E-state index contributed by atoms with van der Waals surface area (Å²) in [5.41, 5.74) is 3.59. The van der Waals surface area contributed by atoms with Gasteiger partial charge in [-0.1, -0.05) is 28.1 Å². The van der Waals surface area contributed by atoms with E-state index in [0.717, 1.165) is 21.3 Å². The predicted octanol–water partition coefficient (Wildman–Crippen LogP) is 5.10. The number of aliphatic imine (C=N–C) groups is 1. The van der Waals surface area contributed by atoms with Crippen molar-refractivity contribution in [2.24, 2.45) is 4.99 Å². The fourth-order valence-corrected chi connectivity index (χ4v) is 3.40. The summed E-state index contributed by atoms with van der Waals surface area (Å²) in [6, 6.07) is 10.0. The van der Waals surface area contributed by atoms with Crippen molar-refractivity contribution in [2.75, 3.05) is 0 Å². The van der Waals surface area contributed by atoms with Gasteiger partial charge in [0.2, 0.25) is 0 Å². The summed E-state index contributed by atoms with van der Waals surface area (Å²) in [5, 5.41) is 3.26. The van der Waals surface area contributed by atoms with Crippen molar-refractivity contribution in [1.82, 2.24) is 5.32 Å². The molecule has 0 spiro atoms. The van der Waals surface area contributed by atoms with Gasteiger partial charge in [0.15, 0.2) is 5.17 Å². The molecule has 0 atom stereocenters. The number of aryl methyl sites for hydroxylation is 2. The van der Waals surface area contributed by atoms with E-state index in [-0.39, 0.29) is 11.7 Å². The molecule has 1 fully saturated rings. The molecule has 3 nitrogen and oxygen atoms in total. The monoisotopic (exact) mass is 404 g/mol. The van der Waals surface area contributed by atoms with Gasteiger partial charge in [0, 0.05) is 4.47 Å². The summed E-state index contributed by atoms with van der Waals surface area (Å²) >= 11 is 4.77.